The molecular formula is C14H26N2O4. The van der Waals surface area contributed by atoms with Gasteiger partial charge in [0.2, 0.25) is 0 Å². The van der Waals surface area contributed by atoms with Crippen LogP contribution >= 0.6 is 0 Å². The molecule has 0 unspecified atom stereocenters. The third kappa shape index (κ3) is 5.00. The van der Waals surface area contributed by atoms with Crippen LogP contribution in [0.1, 0.15) is 33.6 Å². The highest BCUT2D eigenvalue weighted by Crippen LogP contribution is 2.20. The summed E-state index contributed by atoms with van der Waals surface area (Å²) in [6.07, 6.45) is 1.89. The first-order valence-electron chi connectivity index (χ1n) is 7.04. The molecule has 6 heteroatoms. The zero-order chi connectivity index (χ0) is 15.3. The van der Waals surface area contributed by atoms with Crippen LogP contribution in [-0.2, 0) is 9.53 Å². The summed E-state index contributed by atoms with van der Waals surface area (Å²) in [4.78, 5) is 24.9. The Morgan fingerprint density at radius 3 is 2.35 bits per heavy atom. The minimum absolute atomic E-state index is 0.334. The number of amides is 2. The van der Waals surface area contributed by atoms with E-state index in [-0.39, 0.29) is 6.03 Å². The van der Waals surface area contributed by atoms with Crippen molar-refractivity contribution in [3.05, 3.63) is 0 Å². The highest BCUT2D eigenvalue weighted by molar-refractivity contribution is 5.83. The molecule has 1 rings (SSSR count). The van der Waals surface area contributed by atoms with Crippen LogP contribution in [-0.4, -0.2) is 54.9 Å². The summed E-state index contributed by atoms with van der Waals surface area (Å²) in [5, 5.41) is 11.8. The van der Waals surface area contributed by atoms with E-state index in [1.807, 2.05) is 0 Å². The summed E-state index contributed by atoms with van der Waals surface area (Å²) in [5.74, 6) is -0.581. The van der Waals surface area contributed by atoms with E-state index in [9.17, 15) is 14.7 Å². The van der Waals surface area contributed by atoms with Gasteiger partial charge in [0.05, 0.1) is 0 Å². The Morgan fingerprint density at radius 2 is 1.90 bits per heavy atom. The summed E-state index contributed by atoms with van der Waals surface area (Å²) < 4.78 is 5.29. The molecule has 1 aliphatic heterocycles. The molecule has 0 aromatic rings. The molecule has 1 heterocycles. The van der Waals surface area contributed by atoms with Crippen LogP contribution in [0.15, 0.2) is 0 Å². The SMILES string of the molecule is CN(CC1CCOCC1)C(=O)N[C@H](C(=O)O)C(C)(C)C. The van der Waals surface area contributed by atoms with Crippen LogP contribution in [0.4, 0.5) is 4.79 Å². The first kappa shape index (κ1) is 16.8. The molecule has 0 saturated carbocycles. The van der Waals surface area contributed by atoms with E-state index in [0.29, 0.717) is 12.5 Å². The van der Waals surface area contributed by atoms with Gasteiger partial charge in [-0.1, -0.05) is 20.8 Å². The molecule has 2 amide bonds. The Balaban J connectivity index is 2.53. The molecule has 1 atom stereocenters. The average molecular weight is 286 g/mol. The second-order valence-corrected chi connectivity index (χ2v) is 6.52. The second kappa shape index (κ2) is 6.92. The van der Waals surface area contributed by atoms with Gasteiger partial charge in [-0.2, -0.15) is 0 Å². The fourth-order valence-electron chi connectivity index (χ4n) is 2.28. The van der Waals surface area contributed by atoms with Gasteiger partial charge in [-0.05, 0) is 24.2 Å². The smallest absolute Gasteiger partial charge is 0.326 e. The Kier molecular flexibility index (Phi) is 5.80. The molecule has 1 fully saturated rings. The van der Waals surface area contributed by atoms with E-state index < -0.39 is 17.4 Å². The predicted molar refractivity (Wildman–Crippen MR) is 75.6 cm³/mol. The van der Waals surface area contributed by atoms with E-state index in [1.165, 1.54) is 0 Å². The molecule has 1 aliphatic rings. The van der Waals surface area contributed by atoms with E-state index in [0.717, 1.165) is 26.1 Å². The summed E-state index contributed by atoms with van der Waals surface area (Å²) >= 11 is 0. The van der Waals surface area contributed by atoms with Crippen molar-refractivity contribution in [1.29, 1.82) is 0 Å². The molecule has 0 bridgehead atoms. The monoisotopic (exact) mass is 286 g/mol. The lowest BCUT2D eigenvalue weighted by atomic mass is 9.87. The molecule has 0 aromatic carbocycles. The molecule has 116 valence electrons. The summed E-state index contributed by atoms with van der Waals surface area (Å²) in [6, 6.07) is -1.23. The Morgan fingerprint density at radius 1 is 1.35 bits per heavy atom. The average Bonchev–Trinajstić information content (AvgIpc) is 2.34. The van der Waals surface area contributed by atoms with Crippen LogP contribution in [0.3, 0.4) is 0 Å². The normalized spacial score (nSPS) is 18.4. The number of urea groups is 1. The van der Waals surface area contributed by atoms with Crippen molar-refractivity contribution in [3.63, 3.8) is 0 Å². The number of carbonyl (C=O) groups excluding carboxylic acids is 1. The van der Waals surface area contributed by atoms with Gasteiger partial charge in [0.15, 0.2) is 0 Å². The number of carboxylic acid groups (broad SMARTS) is 1. The predicted octanol–water partition coefficient (Wildman–Crippen LogP) is 1.55. The lowest BCUT2D eigenvalue weighted by Gasteiger charge is -2.31. The molecule has 2 N–H and O–H groups in total. The van der Waals surface area contributed by atoms with E-state index in [4.69, 9.17) is 4.74 Å². The lowest BCUT2D eigenvalue weighted by Crippen LogP contribution is -2.53. The van der Waals surface area contributed by atoms with Crippen molar-refractivity contribution in [2.45, 2.75) is 39.7 Å². The van der Waals surface area contributed by atoms with Gasteiger partial charge < -0.3 is 20.1 Å². The van der Waals surface area contributed by atoms with Crippen molar-refractivity contribution in [2.24, 2.45) is 11.3 Å². The molecular weight excluding hydrogens is 260 g/mol. The molecule has 6 nitrogen and oxygen atoms in total. The fourth-order valence-corrected chi connectivity index (χ4v) is 2.28. The van der Waals surface area contributed by atoms with Crippen molar-refractivity contribution in [1.82, 2.24) is 10.2 Å². The Labute approximate surface area is 120 Å². The summed E-state index contributed by atoms with van der Waals surface area (Å²) in [6.45, 7) is 7.49. The first-order valence-corrected chi connectivity index (χ1v) is 7.04. The van der Waals surface area contributed by atoms with Gasteiger partial charge >= 0.3 is 12.0 Å². The number of rotatable bonds is 4. The number of nitrogens with one attached hydrogen (secondary N) is 1. The van der Waals surface area contributed by atoms with E-state index in [2.05, 4.69) is 5.32 Å². The molecule has 0 radical (unpaired) electrons. The van der Waals surface area contributed by atoms with Gasteiger partial charge in [-0.3, -0.25) is 0 Å². The van der Waals surface area contributed by atoms with Crippen molar-refractivity contribution in [3.8, 4) is 0 Å². The van der Waals surface area contributed by atoms with Crippen molar-refractivity contribution < 1.29 is 19.4 Å². The van der Waals surface area contributed by atoms with Crippen LogP contribution in [0.25, 0.3) is 0 Å². The number of aliphatic carboxylic acids is 1. The second-order valence-electron chi connectivity index (χ2n) is 6.52. The van der Waals surface area contributed by atoms with E-state index in [1.54, 1.807) is 32.7 Å². The fraction of sp³-hybridized carbons (Fsp3) is 0.857. The largest absolute Gasteiger partial charge is 0.480 e. The summed E-state index contributed by atoms with van der Waals surface area (Å²) in [5.41, 5.74) is -0.527. The number of hydrogen-bond acceptors (Lipinski definition) is 3. The number of nitrogens with zero attached hydrogens (tertiary/aromatic N) is 1. The minimum Gasteiger partial charge on any atom is -0.480 e. The van der Waals surface area contributed by atoms with Gasteiger partial charge in [-0.25, -0.2) is 9.59 Å². The maximum Gasteiger partial charge on any atom is 0.326 e. The highest BCUT2D eigenvalue weighted by atomic mass is 16.5. The van der Waals surface area contributed by atoms with Gasteiger partial charge in [-0.15, -0.1) is 0 Å². The van der Waals surface area contributed by atoms with Gasteiger partial charge in [0, 0.05) is 26.8 Å². The van der Waals surface area contributed by atoms with Gasteiger partial charge in [0.1, 0.15) is 6.04 Å². The van der Waals surface area contributed by atoms with Crippen molar-refractivity contribution >= 4 is 12.0 Å². The van der Waals surface area contributed by atoms with Crippen molar-refractivity contribution in [2.75, 3.05) is 26.8 Å². The van der Waals surface area contributed by atoms with Crippen LogP contribution in [0.2, 0.25) is 0 Å². The topological polar surface area (TPSA) is 78.9 Å². The highest BCUT2D eigenvalue weighted by Gasteiger charge is 2.33. The quantitative estimate of drug-likeness (QED) is 0.822. The summed E-state index contributed by atoms with van der Waals surface area (Å²) in [7, 11) is 1.70. The van der Waals surface area contributed by atoms with Crippen LogP contribution < -0.4 is 5.32 Å². The number of hydrogen-bond donors (Lipinski definition) is 2. The Bertz CT molecular complexity index is 346. The minimum atomic E-state index is -1.01. The number of carbonyl (C=O) groups is 2. The third-order valence-electron chi connectivity index (χ3n) is 3.60. The molecule has 1 saturated heterocycles. The maximum atomic E-state index is 12.1. The number of carboxylic acids is 1. The third-order valence-corrected chi connectivity index (χ3v) is 3.60. The van der Waals surface area contributed by atoms with Gasteiger partial charge in [0.25, 0.3) is 0 Å². The lowest BCUT2D eigenvalue weighted by molar-refractivity contribution is -0.142. The van der Waals surface area contributed by atoms with E-state index >= 15 is 0 Å². The standard InChI is InChI=1S/C14H26N2O4/c1-14(2,3)11(12(17)18)15-13(19)16(4)9-10-5-7-20-8-6-10/h10-11H,5-9H2,1-4H3,(H,15,19)(H,17,18)/t11-/m1/s1. The van der Waals surface area contributed by atoms with Crippen LogP contribution in [0, 0.1) is 11.3 Å². The zero-order valence-corrected chi connectivity index (χ0v) is 12.8. The number of ether oxygens (including phenoxy) is 1. The Hall–Kier alpha value is -1.30. The molecule has 20 heavy (non-hydrogen) atoms. The molecule has 0 aliphatic carbocycles. The van der Waals surface area contributed by atoms with Crippen LogP contribution in [0.5, 0.6) is 0 Å². The molecule has 0 spiro atoms. The first-order chi connectivity index (χ1) is 9.21. The zero-order valence-electron chi connectivity index (χ0n) is 12.8. The molecule has 0 aromatic heterocycles. The maximum absolute atomic E-state index is 12.1.